The molecule has 0 amide bonds. The lowest BCUT2D eigenvalue weighted by Gasteiger charge is -2.37. The largest absolute Gasteiger partial charge is 0.427 e. The highest BCUT2D eigenvalue weighted by Crippen LogP contribution is 2.24. The zero-order valence-corrected chi connectivity index (χ0v) is 16.3. The van der Waals surface area contributed by atoms with E-state index in [1.807, 2.05) is 68.4 Å². The number of rotatable bonds is 8. The summed E-state index contributed by atoms with van der Waals surface area (Å²) in [5.41, 5.74) is 1.28. The third-order valence-corrected chi connectivity index (χ3v) is 4.66. The molecule has 0 aliphatic carbocycles. The Morgan fingerprint density at radius 2 is 1.44 bits per heavy atom. The topological polar surface area (TPSA) is 77.2 Å². The number of nitrogens with one attached hydrogen (secondary N) is 2. The molecule has 2 rings (SSSR count). The van der Waals surface area contributed by atoms with Crippen LogP contribution in [0.5, 0.6) is 0 Å². The fourth-order valence-electron chi connectivity index (χ4n) is 2.12. The minimum Gasteiger partial charge on any atom is -0.427 e. The summed E-state index contributed by atoms with van der Waals surface area (Å²) in [7, 11) is 1.60. The smallest absolute Gasteiger partial charge is 0.330 e. The molecule has 0 fully saturated rings. The van der Waals surface area contributed by atoms with Gasteiger partial charge >= 0.3 is 7.48 Å². The first kappa shape index (κ1) is 20.8. The molecule has 0 aliphatic rings. The Labute approximate surface area is 162 Å². The van der Waals surface area contributed by atoms with Crippen molar-refractivity contribution in [1.82, 2.24) is 0 Å². The molecule has 5 heteroatoms. The maximum absolute atomic E-state index is 10.2. The predicted octanol–water partition coefficient (Wildman–Crippen LogP) is 3.49. The van der Waals surface area contributed by atoms with Crippen molar-refractivity contribution in [3.8, 4) is 0 Å². The number of aliphatic hydroxyl groups is 1. The van der Waals surface area contributed by atoms with Gasteiger partial charge in [0, 0.05) is 0 Å². The van der Waals surface area contributed by atoms with Crippen LogP contribution >= 0.6 is 0 Å². The van der Waals surface area contributed by atoms with Crippen LogP contribution in [0, 0.1) is 10.8 Å². The molecule has 0 atom stereocenters. The second-order valence-corrected chi connectivity index (χ2v) is 7.46. The summed E-state index contributed by atoms with van der Waals surface area (Å²) in [5.74, 6) is 0. The Balaban J connectivity index is 2.05. The summed E-state index contributed by atoms with van der Waals surface area (Å²) in [6, 6.07) is 16.8. The molecule has 27 heavy (non-hydrogen) atoms. The summed E-state index contributed by atoms with van der Waals surface area (Å²) in [6.45, 7) is 7.07. The first-order chi connectivity index (χ1) is 12.6. The molecule has 139 valence electrons. The van der Waals surface area contributed by atoms with Crippen LogP contribution in [-0.4, -0.2) is 35.2 Å². The predicted molar refractivity (Wildman–Crippen MR) is 113 cm³/mol. The van der Waals surface area contributed by atoms with E-state index >= 15 is 0 Å². The Hall–Kier alpha value is -2.50. The lowest BCUT2D eigenvalue weighted by atomic mass is 9.82. The molecular weight excluding hydrogens is 335 g/mol. The number of allylic oxidation sites excluding steroid dienone is 2. The van der Waals surface area contributed by atoms with Crippen molar-refractivity contribution >= 4 is 24.4 Å². The SMILES string of the molecule is CC(C)(O)C(C)(C)O[B]c1cccc(C(=N)/C=C\C(=N)c2ccccc2)c1. The summed E-state index contributed by atoms with van der Waals surface area (Å²) < 4.78 is 5.77. The summed E-state index contributed by atoms with van der Waals surface area (Å²) >= 11 is 0. The number of hydrogen-bond donors (Lipinski definition) is 3. The molecule has 0 aliphatic heterocycles. The molecule has 2 aromatic rings. The van der Waals surface area contributed by atoms with Crippen LogP contribution in [-0.2, 0) is 4.65 Å². The van der Waals surface area contributed by atoms with Gasteiger partial charge < -0.3 is 20.6 Å². The van der Waals surface area contributed by atoms with Crippen molar-refractivity contribution in [2.24, 2.45) is 0 Å². The molecular formula is C22H26BN2O2. The van der Waals surface area contributed by atoms with Gasteiger partial charge in [-0.15, -0.1) is 0 Å². The Morgan fingerprint density at radius 3 is 2.04 bits per heavy atom. The van der Waals surface area contributed by atoms with Crippen molar-refractivity contribution < 1.29 is 9.76 Å². The van der Waals surface area contributed by atoms with E-state index in [2.05, 4.69) is 0 Å². The van der Waals surface area contributed by atoms with E-state index in [1.165, 1.54) is 0 Å². The first-order valence-electron chi connectivity index (χ1n) is 8.84. The molecule has 2 aromatic carbocycles. The van der Waals surface area contributed by atoms with Crippen molar-refractivity contribution in [3.05, 3.63) is 77.9 Å². The van der Waals surface area contributed by atoms with Crippen LogP contribution in [0.3, 0.4) is 0 Å². The van der Waals surface area contributed by atoms with Gasteiger partial charge in [0.25, 0.3) is 0 Å². The normalized spacial score (nSPS) is 12.2. The van der Waals surface area contributed by atoms with Crippen LogP contribution in [0.1, 0.15) is 38.8 Å². The van der Waals surface area contributed by atoms with Crippen molar-refractivity contribution in [2.45, 2.75) is 38.9 Å². The van der Waals surface area contributed by atoms with E-state index in [9.17, 15) is 5.11 Å². The van der Waals surface area contributed by atoms with Crippen LogP contribution in [0.15, 0.2) is 66.7 Å². The zero-order valence-electron chi connectivity index (χ0n) is 16.3. The third-order valence-electron chi connectivity index (χ3n) is 4.66. The molecule has 0 bridgehead atoms. The van der Waals surface area contributed by atoms with E-state index in [-0.39, 0.29) is 0 Å². The Kier molecular flexibility index (Phi) is 6.52. The highest BCUT2D eigenvalue weighted by atomic mass is 16.5. The standard InChI is InChI=1S/C22H26BN2O2/c1-21(2,26)22(3,4)27-23-18-12-8-11-17(15-18)20(25)14-13-19(24)16-9-6-5-7-10-16/h5-15,24-26H,1-4H3/b14-13-,24-19?,25-20?. The number of benzene rings is 2. The van der Waals surface area contributed by atoms with E-state index < -0.39 is 11.2 Å². The molecule has 0 saturated carbocycles. The molecule has 1 radical (unpaired) electrons. The third kappa shape index (κ3) is 5.74. The fraction of sp³-hybridized carbons (Fsp3) is 0.273. The maximum Gasteiger partial charge on any atom is 0.330 e. The molecule has 4 nitrogen and oxygen atoms in total. The van der Waals surface area contributed by atoms with Crippen molar-refractivity contribution in [3.63, 3.8) is 0 Å². The second-order valence-electron chi connectivity index (χ2n) is 7.46. The van der Waals surface area contributed by atoms with Gasteiger partial charge in [-0.25, -0.2) is 0 Å². The molecule has 3 N–H and O–H groups in total. The molecule has 0 aromatic heterocycles. The Morgan fingerprint density at radius 1 is 0.889 bits per heavy atom. The van der Waals surface area contributed by atoms with Crippen LogP contribution in [0.2, 0.25) is 0 Å². The second kappa shape index (κ2) is 8.46. The van der Waals surface area contributed by atoms with Crippen molar-refractivity contribution in [1.29, 1.82) is 10.8 Å². The van der Waals surface area contributed by atoms with E-state index in [0.29, 0.717) is 11.4 Å². The van der Waals surface area contributed by atoms with Crippen molar-refractivity contribution in [2.75, 3.05) is 0 Å². The van der Waals surface area contributed by atoms with Gasteiger partial charge in [0.2, 0.25) is 0 Å². The van der Waals surface area contributed by atoms with E-state index in [0.717, 1.165) is 16.6 Å². The summed E-state index contributed by atoms with van der Waals surface area (Å²) in [4.78, 5) is 0. The highest BCUT2D eigenvalue weighted by Gasteiger charge is 2.35. The van der Waals surface area contributed by atoms with Crippen LogP contribution in [0.4, 0.5) is 0 Å². The lowest BCUT2D eigenvalue weighted by molar-refractivity contribution is -0.0893. The van der Waals surface area contributed by atoms with Gasteiger partial charge in [0.1, 0.15) is 0 Å². The Bertz CT molecular complexity index is 837. The van der Waals surface area contributed by atoms with E-state index in [1.54, 1.807) is 33.5 Å². The molecule has 0 unspecified atom stereocenters. The molecule has 0 saturated heterocycles. The van der Waals surface area contributed by atoms with Gasteiger partial charge in [-0.3, -0.25) is 0 Å². The van der Waals surface area contributed by atoms with Crippen LogP contribution < -0.4 is 5.46 Å². The van der Waals surface area contributed by atoms with Crippen LogP contribution in [0.25, 0.3) is 0 Å². The molecule has 0 spiro atoms. The van der Waals surface area contributed by atoms with Gasteiger partial charge in [-0.05, 0) is 51.0 Å². The lowest BCUT2D eigenvalue weighted by Crippen LogP contribution is -2.49. The average molecular weight is 361 g/mol. The van der Waals surface area contributed by atoms with Gasteiger partial charge in [-0.1, -0.05) is 60.1 Å². The quantitative estimate of drug-likeness (QED) is 0.497. The highest BCUT2D eigenvalue weighted by molar-refractivity contribution is 6.47. The minimum atomic E-state index is -0.992. The number of hydrogen-bond acceptors (Lipinski definition) is 4. The summed E-state index contributed by atoms with van der Waals surface area (Å²) in [5, 5.41) is 26.5. The van der Waals surface area contributed by atoms with Gasteiger partial charge in [0.05, 0.1) is 22.6 Å². The average Bonchev–Trinajstić information content (AvgIpc) is 2.64. The first-order valence-corrected chi connectivity index (χ1v) is 8.84. The fourth-order valence-corrected chi connectivity index (χ4v) is 2.12. The van der Waals surface area contributed by atoms with Gasteiger partial charge in [-0.2, -0.15) is 0 Å². The van der Waals surface area contributed by atoms with Gasteiger partial charge in [0.15, 0.2) is 0 Å². The maximum atomic E-state index is 10.2. The zero-order chi connectivity index (χ0) is 20.1. The minimum absolute atomic E-state index is 0.313. The monoisotopic (exact) mass is 361 g/mol. The summed E-state index contributed by atoms with van der Waals surface area (Å²) in [6.07, 6.45) is 3.25. The van der Waals surface area contributed by atoms with E-state index in [4.69, 9.17) is 15.5 Å². The molecule has 0 heterocycles.